The first-order valence-electron chi connectivity index (χ1n) is 7.89. The van der Waals surface area contributed by atoms with Gasteiger partial charge in [0.05, 0.1) is 27.7 Å². The SMILES string of the molecule is COc1cc(/C=c2/sc3nc4cc(C)c(C)cc4n3c2=O)cc(Cl)c1O. The molecular weight excluding hydrogens is 372 g/mol. The van der Waals surface area contributed by atoms with Crippen molar-refractivity contribution >= 4 is 45.0 Å². The van der Waals surface area contributed by atoms with Gasteiger partial charge in [-0.05, 0) is 60.9 Å². The van der Waals surface area contributed by atoms with Crippen molar-refractivity contribution in [2.24, 2.45) is 0 Å². The Morgan fingerprint density at radius 1 is 1.23 bits per heavy atom. The number of aryl methyl sites for hydroxylation is 2. The Hall–Kier alpha value is -2.57. The third-order valence-corrected chi connectivity index (χ3v) is 5.68. The Morgan fingerprint density at radius 3 is 2.69 bits per heavy atom. The fraction of sp³-hybridized carbons (Fsp3) is 0.158. The minimum absolute atomic E-state index is 0.119. The van der Waals surface area contributed by atoms with Crippen LogP contribution in [0.2, 0.25) is 5.02 Å². The molecule has 4 rings (SSSR count). The average Bonchev–Trinajstić information content (AvgIpc) is 3.08. The predicted molar refractivity (Wildman–Crippen MR) is 105 cm³/mol. The molecule has 2 heterocycles. The van der Waals surface area contributed by atoms with E-state index in [0.29, 0.717) is 15.1 Å². The van der Waals surface area contributed by atoms with Crippen LogP contribution in [0.3, 0.4) is 0 Å². The summed E-state index contributed by atoms with van der Waals surface area (Å²) in [5.41, 5.74) is 4.43. The van der Waals surface area contributed by atoms with Crippen molar-refractivity contribution < 1.29 is 9.84 Å². The van der Waals surface area contributed by atoms with Gasteiger partial charge in [-0.3, -0.25) is 4.79 Å². The third-order valence-electron chi connectivity index (χ3n) is 4.42. The first kappa shape index (κ1) is 16.9. The number of fused-ring (bicyclic) bond motifs is 3. The lowest BCUT2D eigenvalue weighted by atomic mass is 10.1. The topological polar surface area (TPSA) is 63.8 Å². The highest BCUT2D eigenvalue weighted by atomic mass is 35.5. The molecule has 0 atom stereocenters. The maximum absolute atomic E-state index is 12.9. The van der Waals surface area contributed by atoms with Gasteiger partial charge in [0, 0.05) is 0 Å². The van der Waals surface area contributed by atoms with Crippen LogP contribution >= 0.6 is 22.9 Å². The summed E-state index contributed by atoms with van der Waals surface area (Å²) in [4.78, 5) is 18.1. The molecule has 132 valence electrons. The number of rotatable bonds is 2. The van der Waals surface area contributed by atoms with Crippen LogP contribution in [0.15, 0.2) is 29.1 Å². The number of phenols is 1. The van der Waals surface area contributed by atoms with Crippen molar-refractivity contribution in [2.75, 3.05) is 7.11 Å². The lowest BCUT2D eigenvalue weighted by Gasteiger charge is -2.05. The van der Waals surface area contributed by atoms with E-state index in [2.05, 4.69) is 4.98 Å². The molecule has 0 radical (unpaired) electrons. The highest BCUT2D eigenvalue weighted by molar-refractivity contribution is 7.15. The van der Waals surface area contributed by atoms with E-state index in [1.54, 1.807) is 22.6 Å². The van der Waals surface area contributed by atoms with Crippen LogP contribution in [-0.4, -0.2) is 21.6 Å². The average molecular weight is 387 g/mol. The van der Waals surface area contributed by atoms with Crippen LogP contribution in [0.5, 0.6) is 11.5 Å². The minimum Gasteiger partial charge on any atom is -0.503 e. The normalized spacial score (nSPS) is 12.4. The van der Waals surface area contributed by atoms with Gasteiger partial charge in [-0.25, -0.2) is 9.38 Å². The standard InChI is InChI=1S/C19H15ClN2O3S/c1-9-4-13-14(5-10(9)2)22-18(24)16(26-19(22)21-13)8-11-6-12(20)17(23)15(7-11)25-3/h4-8,23H,1-3H3/b16-8+. The lowest BCUT2D eigenvalue weighted by Crippen LogP contribution is -2.22. The van der Waals surface area contributed by atoms with Crippen molar-refractivity contribution in [3.05, 3.63) is 60.9 Å². The second-order valence-electron chi connectivity index (χ2n) is 6.12. The largest absolute Gasteiger partial charge is 0.503 e. The van der Waals surface area contributed by atoms with Gasteiger partial charge in [0.2, 0.25) is 0 Å². The van der Waals surface area contributed by atoms with E-state index in [9.17, 15) is 9.90 Å². The number of nitrogens with zero attached hydrogens (tertiary/aromatic N) is 2. The molecule has 26 heavy (non-hydrogen) atoms. The number of aromatic nitrogens is 2. The maximum atomic E-state index is 12.9. The fourth-order valence-electron chi connectivity index (χ4n) is 2.90. The van der Waals surface area contributed by atoms with E-state index >= 15 is 0 Å². The van der Waals surface area contributed by atoms with Gasteiger partial charge in [0.25, 0.3) is 5.56 Å². The van der Waals surface area contributed by atoms with Crippen LogP contribution in [-0.2, 0) is 0 Å². The monoisotopic (exact) mass is 386 g/mol. The first-order chi connectivity index (χ1) is 12.4. The van der Waals surface area contributed by atoms with Gasteiger partial charge in [0.1, 0.15) is 0 Å². The molecule has 0 aliphatic rings. The van der Waals surface area contributed by atoms with Crippen LogP contribution in [0.25, 0.3) is 22.1 Å². The van der Waals surface area contributed by atoms with E-state index in [4.69, 9.17) is 16.3 Å². The van der Waals surface area contributed by atoms with E-state index in [1.165, 1.54) is 18.4 Å². The fourth-order valence-corrected chi connectivity index (χ4v) is 4.11. The summed E-state index contributed by atoms with van der Waals surface area (Å²) in [5.74, 6) is 0.139. The molecule has 0 saturated carbocycles. The molecule has 0 fully saturated rings. The molecule has 4 aromatic rings. The first-order valence-corrected chi connectivity index (χ1v) is 9.09. The number of hydrogen-bond donors (Lipinski definition) is 1. The summed E-state index contributed by atoms with van der Waals surface area (Å²) in [7, 11) is 1.45. The number of benzene rings is 2. The van der Waals surface area contributed by atoms with Gasteiger partial charge in [-0.1, -0.05) is 22.9 Å². The van der Waals surface area contributed by atoms with Gasteiger partial charge in [-0.15, -0.1) is 0 Å². The molecule has 0 amide bonds. The van der Waals surface area contributed by atoms with Crippen LogP contribution in [0.1, 0.15) is 16.7 Å². The zero-order valence-electron chi connectivity index (χ0n) is 14.3. The molecule has 0 saturated heterocycles. The number of phenolic OH excluding ortho intramolecular Hbond substituents is 1. The zero-order valence-corrected chi connectivity index (χ0v) is 15.9. The number of methoxy groups -OCH3 is 1. The number of aromatic hydroxyl groups is 1. The van der Waals surface area contributed by atoms with Crippen molar-refractivity contribution in [3.63, 3.8) is 0 Å². The number of halogens is 1. The summed E-state index contributed by atoms with van der Waals surface area (Å²) in [6.45, 7) is 4.05. The molecule has 2 aromatic heterocycles. The van der Waals surface area contributed by atoms with Crippen LogP contribution in [0, 0.1) is 13.8 Å². The van der Waals surface area contributed by atoms with Gasteiger partial charge in [-0.2, -0.15) is 0 Å². The third kappa shape index (κ3) is 2.53. The Morgan fingerprint density at radius 2 is 1.96 bits per heavy atom. The van der Waals surface area contributed by atoms with E-state index in [-0.39, 0.29) is 22.1 Å². The highest BCUT2D eigenvalue weighted by Gasteiger charge is 2.13. The molecule has 2 aromatic carbocycles. The molecular formula is C19H15ClN2O3S. The molecule has 7 heteroatoms. The Kier molecular flexibility index (Phi) is 3.89. The van der Waals surface area contributed by atoms with Crippen molar-refractivity contribution in [1.82, 2.24) is 9.38 Å². The quantitative estimate of drug-likeness (QED) is 0.573. The van der Waals surface area contributed by atoms with Gasteiger partial charge < -0.3 is 9.84 Å². The highest BCUT2D eigenvalue weighted by Crippen LogP contribution is 2.35. The van der Waals surface area contributed by atoms with Crippen molar-refractivity contribution in [1.29, 1.82) is 0 Å². The smallest absolute Gasteiger partial charge is 0.274 e. The summed E-state index contributed by atoms with van der Waals surface area (Å²) in [6, 6.07) is 7.21. The molecule has 0 aliphatic carbocycles. The van der Waals surface area contributed by atoms with E-state index in [1.807, 2.05) is 26.0 Å². The summed E-state index contributed by atoms with van der Waals surface area (Å²) in [6.07, 6.45) is 1.72. The number of ether oxygens (including phenoxy) is 1. The van der Waals surface area contributed by atoms with Crippen LogP contribution in [0.4, 0.5) is 0 Å². The molecule has 0 aliphatic heterocycles. The Balaban J connectivity index is 1.97. The molecule has 0 spiro atoms. The molecule has 5 nitrogen and oxygen atoms in total. The number of thiazole rings is 1. The number of imidazole rings is 1. The van der Waals surface area contributed by atoms with E-state index in [0.717, 1.165) is 22.2 Å². The minimum atomic E-state index is -0.126. The molecule has 1 N–H and O–H groups in total. The van der Waals surface area contributed by atoms with Crippen molar-refractivity contribution in [2.45, 2.75) is 13.8 Å². The van der Waals surface area contributed by atoms with Crippen molar-refractivity contribution in [3.8, 4) is 11.5 Å². The van der Waals surface area contributed by atoms with Gasteiger partial charge >= 0.3 is 0 Å². The summed E-state index contributed by atoms with van der Waals surface area (Å²) in [5, 5.41) is 10.0. The van der Waals surface area contributed by atoms with Gasteiger partial charge in [0.15, 0.2) is 16.5 Å². The van der Waals surface area contributed by atoms with E-state index < -0.39 is 0 Å². The number of hydrogen-bond acceptors (Lipinski definition) is 5. The Labute approximate surface area is 157 Å². The summed E-state index contributed by atoms with van der Waals surface area (Å²) < 4.78 is 7.29. The second-order valence-corrected chi connectivity index (χ2v) is 7.54. The summed E-state index contributed by atoms with van der Waals surface area (Å²) >= 11 is 7.35. The second kappa shape index (κ2) is 6.00. The predicted octanol–water partition coefficient (Wildman–Crippen LogP) is 3.44. The zero-order chi connectivity index (χ0) is 18.6. The maximum Gasteiger partial charge on any atom is 0.274 e. The molecule has 0 bridgehead atoms. The Bertz CT molecular complexity index is 1290. The molecule has 0 unspecified atom stereocenters. The van der Waals surface area contributed by atoms with Crippen LogP contribution < -0.4 is 14.8 Å². The lowest BCUT2D eigenvalue weighted by molar-refractivity contribution is 0.373.